The van der Waals surface area contributed by atoms with Crippen molar-refractivity contribution in [2.24, 2.45) is 5.73 Å². The first kappa shape index (κ1) is 17.7. The second kappa shape index (κ2) is 8.85. The lowest BCUT2D eigenvalue weighted by Gasteiger charge is -2.34. The maximum Gasteiger partial charge on any atom is 0.239 e. The molecule has 1 amide bonds. The molecule has 1 heterocycles. The third kappa shape index (κ3) is 4.90. The van der Waals surface area contributed by atoms with E-state index in [9.17, 15) is 4.79 Å². The monoisotopic (exact) mass is 304 g/mol. The molecule has 1 aliphatic carbocycles. The minimum atomic E-state index is -0.308. The van der Waals surface area contributed by atoms with Crippen LogP contribution >= 0.6 is 12.4 Å². The Hall–Kier alpha value is -0.320. The van der Waals surface area contributed by atoms with E-state index in [2.05, 4.69) is 6.92 Å². The quantitative estimate of drug-likeness (QED) is 0.849. The standard InChI is InChI=1S/C15H28N2O2.ClH/c1-2-5-14(16)15(18)17-10-8-13(9-11-17)19-12-6-3-4-7-12;/h12-14H,2-11,16H2,1H3;1H. The van der Waals surface area contributed by atoms with Crippen LogP contribution in [0.4, 0.5) is 0 Å². The number of halogens is 1. The zero-order valence-corrected chi connectivity index (χ0v) is 13.4. The van der Waals surface area contributed by atoms with Crippen molar-refractivity contribution >= 4 is 18.3 Å². The van der Waals surface area contributed by atoms with E-state index in [0.29, 0.717) is 12.2 Å². The molecule has 4 nitrogen and oxygen atoms in total. The fourth-order valence-corrected chi connectivity index (χ4v) is 3.18. The van der Waals surface area contributed by atoms with Gasteiger partial charge in [-0.15, -0.1) is 12.4 Å². The van der Waals surface area contributed by atoms with Crippen LogP contribution in [0.3, 0.4) is 0 Å². The number of likely N-dealkylation sites (tertiary alicyclic amines) is 1. The first-order valence-corrected chi connectivity index (χ1v) is 7.90. The highest BCUT2D eigenvalue weighted by atomic mass is 35.5. The highest BCUT2D eigenvalue weighted by Crippen LogP contribution is 2.25. The third-order valence-electron chi connectivity index (χ3n) is 4.36. The second-order valence-corrected chi connectivity index (χ2v) is 5.96. The first-order valence-electron chi connectivity index (χ1n) is 7.90. The summed E-state index contributed by atoms with van der Waals surface area (Å²) >= 11 is 0. The Morgan fingerprint density at radius 1 is 1.20 bits per heavy atom. The van der Waals surface area contributed by atoms with E-state index >= 15 is 0 Å². The Kier molecular flexibility index (Phi) is 7.85. The van der Waals surface area contributed by atoms with Crippen molar-refractivity contribution < 1.29 is 9.53 Å². The molecule has 1 atom stereocenters. The minimum Gasteiger partial charge on any atom is -0.375 e. The van der Waals surface area contributed by atoms with Gasteiger partial charge in [0.05, 0.1) is 18.2 Å². The Morgan fingerprint density at radius 2 is 1.75 bits per heavy atom. The fourth-order valence-electron chi connectivity index (χ4n) is 3.18. The predicted octanol–water partition coefficient (Wildman–Crippen LogP) is 2.49. The molecule has 1 unspecified atom stereocenters. The van der Waals surface area contributed by atoms with E-state index in [1.165, 1.54) is 25.7 Å². The molecule has 2 fully saturated rings. The summed E-state index contributed by atoms with van der Waals surface area (Å²) in [7, 11) is 0. The summed E-state index contributed by atoms with van der Waals surface area (Å²) in [6.07, 6.45) is 9.61. The van der Waals surface area contributed by atoms with Crippen molar-refractivity contribution in [1.29, 1.82) is 0 Å². The molecule has 20 heavy (non-hydrogen) atoms. The van der Waals surface area contributed by atoms with Gasteiger partial charge in [0.15, 0.2) is 0 Å². The molecule has 1 aliphatic heterocycles. The molecule has 0 radical (unpaired) electrons. The zero-order chi connectivity index (χ0) is 13.7. The molecular weight excluding hydrogens is 276 g/mol. The van der Waals surface area contributed by atoms with Gasteiger partial charge in [-0.25, -0.2) is 0 Å². The van der Waals surface area contributed by atoms with Crippen LogP contribution < -0.4 is 5.73 Å². The number of hydrogen-bond acceptors (Lipinski definition) is 3. The Labute approximate surface area is 128 Å². The molecule has 0 aromatic rings. The molecular formula is C15H29ClN2O2. The lowest BCUT2D eigenvalue weighted by molar-refractivity contribution is -0.136. The number of hydrogen-bond donors (Lipinski definition) is 1. The molecule has 0 aromatic carbocycles. The van der Waals surface area contributed by atoms with Gasteiger partial charge in [0.1, 0.15) is 0 Å². The highest BCUT2D eigenvalue weighted by molar-refractivity contribution is 5.85. The molecule has 2 aliphatic rings. The van der Waals surface area contributed by atoms with Gasteiger partial charge in [0.25, 0.3) is 0 Å². The van der Waals surface area contributed by atoms with Gasteiger partial charge in [-0.2, -0.15) is 0 Å². The van der Waals surface area contributed by atoms with E-state index in [1.807, 2.05) is 4.90 Å². The molecule has 2 N–H and O–H groups in total. The zero-order valence-electron chi connectivity index (χ0n) is 12.6. The summed E-state index contributed by atoms with van der Waals surface area (Å²) in [5, 5.41) is 0. The number of amides is 1. The summed E-state index contributed by atoms with van der Waals surface area (Å²) < 4.78 is 6.12. The summed E-state index contributed by atoms with van der Waals surface area (Å²) in [4.78, 5) is 14.0. The van der Waals surface area contributed by atoms with Crippen LogP contribution in [0.2, 0.25) is 0 Å². The van der Waals surface area contributed by atoms with Crippen LogP contribution in [-0.4, -0.2) is 42.1 Å². The average molecular weight is 305 g/mol. The summed E-state index contributed by atoms with van der Waals surface area (Å²) in [6.45, 7) is 3.69. The first-order chi connectivity index (χ1) is 9.20. The van der Waals surface area contributed by atoms with Gasteiger partial charge in [0, 0.05) is 13.1 Å². The van der Waals surface area contributed by atoms with E-state index in [0.717, 1.165) is 38.8 Å². The van der Waals surface area contributed by atoms with E-state index in [4.69, 9.17) is 10.5 Å². The lowest BCUT2D eigenvalue weighted by atomic mass is 10.0. The summed E-state index contributed by atoms with van der Waals surface area (Å²) in [5.41, 5.74) is 5.90. The normalized spacial score (nSPS) is 22.6. The Balaban J connectivity index is 0.00000200. The second-order valence-electron chi connectivity index (χ2n) is 5.96. The van der Waals surface area contributed by atoms with Crippen LogP contribution in [0, 0.1) is 0 Å². The van der Waals surface area contributed by atoms with Crippen LogP contribution in [0.15, 0.2) is 0 Å². The molecule has 0 aromatic heterocycles. The van der Waals surface area contributed by atoms with E-state index in [-0.39, 0.29) is 24.4 Å². The molecule has 1 saturated heterocycles. The van der Waals surface area contributed by atoms with Gasteiger partial charge in [-0.1, -0.05) is 26.2 Å². The van der Waals surface area contributed by atoms with Crippen LogP contribution in [0.1, 0.15) is 58.3 Å². The minimum absolute atomic E-state index is 0. The number of rotatable bonds is 5. The molecule has 1 saturated carbocycles. The van der Waals surface area contributed by atoms with Gasteiger partial charge in [-0.3, -0.25) is 4.79 Å². The predicted molar refractivity (Wildman–Crippen MR) is 83.1 cm³/mol. The number of piperidine rings is 1. The van der Waals surface area contributed by atoms with Gasteiger partial charge < -0.3 is 15.4 Å². The SMILES string of the molecule is CCCC(N)C(=O)N1CCC(OC2CCCC2)CC1.Cl. The number of ether oxygens (including phenoxy) is 1. The van der Waals surface area contributed by atoms with Crippen LogP contribution in [0.5, 0.6) is 0 Å². The third-order valence-corrected chi connectivity index (χ3v) is 4.36. The van der Waals surface area contributed by atoms with Gasteiger partial charge >= 0.3 is 0 Å². The van der Waals surface area contributed by atoms with Crippen molar-refractivity contribution in [3.05, 3.63) is 0 Å². The maximum absolute atomic E-state index is 12.1. The molecule has 118 valence electrons. The van der Waals surface area contributed by atoms with Crippen LogP contribution in [-0.2, 0) is 9.53 Å². The van der Waals surface area contributed by atoms with Crippen molar-refractivity contribution in [1.82, 2.24) is 4.90 Å². The van der Waals surface area contributed by atoms with Crippen LogP contribution in [0.25, 0.3) is 0 Å². The summed E-state index contributed by atoms with van der Waals surface area (Å²) in [5.74, 6) is 0.126. The molecule has 0 bridgehead atoms. The van der Waals surface area contributed by atoms with Crippen molar-refractivity contribution in [3.63, 3.8) is 0 Å². The summed E-state index contributed by atoms with van der Waals surface area (Å²) in [6, 6.07) is -0.308. The van der Waals surface area contributed by atoms with Gasteiger partial charge in [0.2, 0.25) is 5.91 Å². The molecule has 2 rings (SSSR count). The fraction of sp³-hybridized carbons (Fsp3) is 0.933. The number of carbonyl (C=O) groups is 1. The maximum atomic E-state index is 12.1. The largest absolute Gasteiger partial charge is 0.375 e. The molecule has 5 heteroatoms. The topological polar surface area (TPSA) is 55.6 Å². The lowest BCUT2D eigenvalue weighted by Crippen LogP contribution is -2.48. The smallest absolute Gasteiger partial charge is 0.239 e. The molecule has 0 spiro atoms. The average Bonchev–Trinajstić information content (AvgIpc) is 2.92. The van der Waals surface area contributed by atoms with Crippen molar-refractivity contribution in [2.45, 2.75) is 76.5 Å². The number of nitrogens with two attached hydrogens (primary N) is 1. The van der Waals surface area contributed by atoms with Crippen molar-refractivity contribution in [2.75, 3.05) is 13.1 Å². The highest BCUT2D eigenvalue weighted by Gasteiger charge is 2.28. The number of carbonyl (C=O) groups excluding carboxylic acids is 1. The Bertz CT molecular complexity index is 288. The van der Waals surface area contributed by atoms with Gasteiger partial charge in [-0.05, 0) is 32.1 Å². The Morgan fingerprint density at radius 3 is 2.30 bits per heavy atom. The van der Waals surface area contributed by atoms with E-state index < -0.39 is 0 Å². The van der Waals surface area contributed by atoms with E-state index in [1.54, 1.807) is 0 Å². The van der Waals surface area contributed by atoms with Crippen molar-refractivity contribution in [3.8, 4) is 0 Å². The number of nitrogens with zero attached hydrogens (tertiary/aromatic N) is 1.